The van der Waals surface area contributed by atoms with Crippen molar-refractivity contribution in [3.05, 3.63) is 33.3 Å². The van der Waals surface area contributed by atoms with Crippen molar-refractivity contribution in [2.24, 2.45) is 0 Å². The van der Waals surface area contributed by atoms with Gasteiger partial charge in [-0.15, -0.1) is 0 Å². The summed E-state index contributed by atoms with van der Waals surface area (Å²) in [5, 5.41) is 9.28. The number of carboxylic acid groups (broad SMARTS) is 1. The Morgan fingerprint density at radius 2 is 2.00 bits per heavy atom. The van der Waals surface area contributed by atoms with Crippen LogP contribution in [0.15, 0.2) is 16.6 Å². The molecule has 1 aromatic carbocycles. The molecule has 3 heteroatoms. The first kappa shape index (κ1) is 10.7. The predicted molar refractivity (Wildman–Crippen MR) is 62.2 cm³/mol. The molecule has 15 heavy (non-hydrogen) atoms. The molecule has 0 amide bonds. The number of hydrogen-bond acceptors (Lipinski definition) is 1. The Hall–Kier alpha value is -0.830. The van der Waals surface area contributed by atoms with Gasteiger partial charge in [-0.3, -0.25) is 4.79 Å². The molecule has 0 heterocycles. The summed E-state index contributed by atoms with van der Waals surface area (Å²) in [5.41, 5.74) is 2.55. The van der Waals surface area contributed by atoms with Gasteiger partial charge in [-0.1, -0.05) is 22.0 Å². The van der Waals surface area contributed by atoms with Crippen molar-refractivity contribution in [2.45, 2.75) is 32.1 Å². The fraction of sp³-hybridized carbons (Fsp3) is 0.417. The van der Waals surface area contributed by atoms with E-state index in [0.717, 1.165) is 34.0 Å². The second kappa shape index (κ2) is 3.34. The average Bonchev–Trinajstić information content (AvgIpc) is 2.93. The van der Waals surface area contributed by atoms with E-state index in [-0.39, 0.29) is 0 Å². The summed E-state index contributed by atoms with van der Waals surface area (Å²) in [6.07, 6.45) is 1.53. The lowest BCUT2D eigenvalue weighted by Gasteiger charge is -2.17. The third-order valence-corrected chi connectivity index (χ3v) is 4.10. The summed E-state index contributed by atoms with van der Waals surface area (Å²) in [6, 6.07) is 3.96. The Kier molecular flexibility index (Phi) is 2.38. The molecule has 0 aliphatic heterocycles. The van der Waals surface area contributed by atoms with Gasteiger partial charge in [0.2, 0.25) is 0 Å². The Morgan fingerprint density at radius 3 is 2.47 bits per heavy atom. The number of hydrogen-bond donors (Lipinski definition) is 1. The molecule has 0 spiro atoms. The van der Waals surface area contributed by atoms with E-state index in [2.05, 4.69) is 15.9 Å². The lowest BCUT2D eigenvalue weighted by molar-refractivity contribution is -0.140. The Bertz CT molecular complexity index is 433. The Balaban J connectivity index is 2.62. The van der Waals surface area contributed by atoms with Crippen molar-refractivity contribution in [2.75, 3.05) is 0 Å². The molecule has 1 N–H and O–H groups in total. The highest BCUT2D eigenvalue weighted by Gasteiger charge is 2.53. The molecule has 0 saturated heterocycles. The van der Waals surface area contributed by atoms with Gasteiger partial charge in [-0.25, -0.2) is 0 Å². The van der Waals surface area contributed by atoms with Crippen molar-refractivity contribution in [3.63, 3.8) is 0 Å². The summed E-state index contributed by atoms with van der Waals surface area (Å²) in [4.78, 5) is 11.3. The number of aliphatic carboxylic acids is 1. The number of carbonyl (C=O) groups is 1. The van der Waals surface area contributed by atoms with Gasteiger partial charge in [0.15, 0.2) is 0 Å². The first-order valence-corrected chi connectivity index (χ1v) is 5.78. The Morgan fingerprint density at radius 1 is 1.40 bits per heavy atom. The maximum absolute atomic E-state index is 11.3. The summed E-state index contributed by atoms with van der Waals surface area (Å²) in [6.45, 7) is 3.97. The van der Waals surface area contributed by atoms with Gasteiger partial charge >= 0.3 is 5.97 Å². The third-order valence-electron chi connectivity index (χ3n) is 3.25. The molecular formula is C12H13BrO2. The van der Waals surface area contributed by atoms with Crippen LogP contribution in [0.2, 0.25) is 0 Å². The molecule has 0 radical (unpaired) electrons. The highest BCUT2D eigenvalue weighted by molar-refractivity contribution is 9.10. The molecule has 1 aliphatic rings. The SMILES string of the molecule is Cc1ccc(Br)c(C)c1C1(C(=O)O)CC1. The zero-order valence-electron chi connectivity index (χ0n) is 8.80. The van der Waals surface area contributed by atoms with Gasteiger partial charge in [-0.05, 0) is 49.4 Å². The largest absolute Gasteiger partial charge is 0.481 e. The van der Waals surface area contributed by atoms with E-state index in [0.29, 0.717) is 0 Å². The monoisotopic (exact) mass is 268 g/mol. The molecule has 1 saturated carbocycles. The highest BCUT2D eigenvalue weighted by Crippen LogP contribution is 2.51. The Labute approximate surface area is 97.4 Å². The fourth-order valence-corrected chi connectivity index (χ4v) is 2.58. The minimum atomic E-state index is -0.688. The number of carboxylic acids is 1. The van der Waals surface area contributed by atoms with E-state index >= 15 is 0 Å². The third kappa shape index (κ3) is 1.49. The normalized spacial score (nSPS) is 17.5. The lowest BCUT2D eigenvalue weighted by Crippen LogP contribution is -2.22. The van der Waals surface area contributed by atoms with Gasteiger partial charge in [0.25, 0.3) is 0 Å². The van der Waals surface area contributed by atoms with Crippen molar-refractivity contribution in [1.82, 2.24) is 0 Å². The molecule has 1 aromatic rings. The molecule has 1 aliphatic carbocycles. The minimum Gasteiger partial charge on any atom is -0.481 e. The summed E-state index contributed by atoms with van der Waals surface area (Å²) in [7, 11) is 0. The molecule has 0 aromatic heterocycles. The van der Waals surface area contributed by atoms with E-state index in [1.807, 2.05) is 26.0 Å². The van der Waals surface area contributed by atoms with E-state index in [4.69, 9.17) is 0 Å². The van der Waals surface area contributed by atoms with E-state index in [1.165, 1.54) is 0 Å². The van der Waals surface area contributed by atoms with Gasteiger partial charge in [-0.2, -0.15) is 0 Å². The van der Waals surface area contributed by atoms with Crippen LogP contribution in [0.1, 0.15) is 29.5 Å². The van der Waals surface area contributed by atoms with Crippen LogP contribution in [0.3, 0.4) is 0 Å². The van der Waals surface area contributed by atoms with Crippen molar-refractivity contribution in [3.8, 4) is 0 Å². The molecule has 2 nitrogen and oxygen atoms in total. The number of aryl methyl sites for hydroxylation is 1. The topological polar surface area (TPSA) is 37.3 Å². The zero-order valence-corrected chi connectivity index (χ0v) is 10.4. The predicted octanol–water partition coefficient (Wildman–Crippen LogP) is 3.18. The number of halogens is 1. The van der Waals surface area contributed by atoms with E-state index in [1.54, 1.807) is 0 Å². The minimum absolute atomic E-state index is 0.599. The van der Waals surface area contributed by atoms with Gasteiger partial charge in [0.1, 0.15) is 0 Å². The van der Waals surface area contributed by atoms with E-state index < -0.39 is 11.4 Å². The van der Waals surface area contributed by atoms with Gasteiger partial charge < -0.3 is 5.11 Å². The van der Waals surface area contributed by atoms with Gasteiger partial charge in [0.05, 0.1) is 5.41 Å². The van der Waals surface area contributed by atoms with Crippen molar-refractivity contribution >= 4 is 21.9 Å². The summed E-state index contributed by atoms with van der Waals surface area (Å²) in [5.74, 6) is -0.688. The summed E-state index contributed by atoms with van der Waals surface area (Å²) < 4.78 is 0.996. The fourth-order valence-electron chi connectivity index (χ4n) is 2.25. The van der Waals surface area contributed by atoms with Crippen LogP contribution in [-0.4, -0.2) is 11.1 Å². The zero-order chi connectivity index (χ0) is 11.2. The van der Waals surface area contributed by atoms with Crippen LogP contribution < -0.4 is 0 Å². The van der Waals surface area contributed by atoms with Crippen LogP contribution >= 0.6 is 15.9 Å². The summed E-state index contributed by atoms with van der Waals surface area (Å²) >= 11 is 3.46. The van der Waals surface area contributed by atoms with Crippen LogP contribution in [0, 0.1) is 13.8 Å². The maximum atomic E-state index is 11.3. The smallest absolute Gasteiger partial charge is 0.314 e. The first-order chi connectivity index (χ1) is 6.99. The van der Waals surface area contributed by atoms with Crippen LogP contribution in [0.4, 0.5) is 0 Å². The van der Waals surface area contributed by atoms with Crippen LogP contribution in [0.25, 0.3) is 0 Å². The average molecular weight is 269 g/mol. The molecule has 80 valence electrons. The second-order valence-corrected chi connectivity index (χ2v) is 5.11. The lowest BCUT2D eigenvalue weighted by atomic mass is 9.88. The van der Waals surface area contributed by atoms with E-state index in [9.17, 15) is 9.90 Å². The standard InChI is InChI=1S/C12H13BrO2/c1-7-3-4-9(13)8(2)10(7)12(5-6-12)11(14)15/h3-4H,5-6H2,1-2H3,(H,14,15). The van der Waals surface area contributed by atoms with Crippen LogP contribution in [0.5, 0.6) is 0 Å². The van der Waals surface area contributed by atoms with Crippen molar-refractivity contribution < 1.29 is 9.90 Å². The van der Waals surface area contributed by atoms with Gasteiger partial charge in [0, 0.05) is 4.47 Å². The number of rotatable bonds is 2. The van der Waals surface area contributed by atoms with Crippen LogP contribution in [-0.2, 0) is 10.2 Å². The van der Waals surface area contributed by atoms with Crippen molar-refractivity contribution in [1.29, 1.82) is 0 Å². The molecule has 1 fully saturated rings. The maximum Gasteiger partial charge on any atom is 0.314 e. The molecular weight excluding hydrogens is 256 g/mol. The molecule has 0 bridgehead atoms. The second-order valence-electron chi connectivity index (χ2n) is 4.25. The number of benzene rings is 1. The molecule has 2 rings (SSSR count). The molecule has 0 unspecified atom stereocenters. The molecule has 0 atom stereocenters. The highest BCUT2D eigenvalue weighted by atomic mass is 79.9. The first-order valence-electron chi connectivity index (χ1n) is 4.98. The quantitative estimate of drug-likeness (QED) is 0.895.